The molecule has 228 valence electrons. The number of carbonyl (C=O) groups is 6. The number of amides is 5. The Morgan fingerprint density at radius 1 is 1.05 bits per heavy atom. The lowest BCUT2D eigenvalue weighted by Crippen LogP contribution is -2.67. The zero-order chi connectivity index (χ0) is 30.4. The van der Waals surface area contributed by atoms with Gasteiger partial charge in [-0.05, 0) is 18.8 Å². The maximum Gasteiger partial charge on any atom is 0.303 e. The van der Waals surface area contributed by atoms with Gasteiger partial charge in [-0.1, -0.05) is 26.0 Å². The molecule has 0 saturated carbocycles. The van der Waals surface area contributed by atoms with Crippen molar-refractivity contribution in [3.8, 4) is 0 Å². The summed E-state index contributed by atoms with van der Waals surface area (Å²) >= 11 is 0. The Morgan fingerprint density at radius 2 is 1.73 bits per heavy atom. The first-order chi connectivity index (χ1) is 19.4. The summed E-state index contributed by atoms with van der Waals surface area (Å²) in [5.41, 5.74) is 0. The van der Waals surface area contributed by atoms with Gasteiger partial charge in [0, 0.05) is 53.4 Å². The van der Waals surface area contributed by atoms with Crippen molar-refractivity contribution in [2.75, 3.05) is 27.2 Å². The van der Waals surface area contributed by atoms with Crippen LogP contribution in [-0.4, -0.2) is 98.1 Å². The van der Waals surface area contributed by atoms with E-state index in [-0.39, 0.29) is 49.1 Å². The molecule has 0 radical (unpaired) electrons. The Kier molecular flexibility index (Phi) is 11.0. The summed E-state index contributed by atoms with van der Waals surface area (Å²) in [6.45, 7) is 6.49. The van der Waals surface area contributed by atoms with E-state index in [1.54, 1.807) is 0 Å². The first-order valence-corrected chi connectivity index (χ1v) is 14.1. The Morgan fingerprint density at radius 3 is 2.32 bits per heavy atom. The standard InChI is InChI=1S/C28H42N4O9/c1-7-18-22(31-15(3)33)23(40-16(4)34)24(39-6)25(41-18)26(36)30-13-17-11-10-14(2)20-21(17)28(38)32(27(20)37)12-8-9-19(35)29-5/h10-11,14,17-18,20-25H,7-9,12-13H2,1-6H3,(H,29,35)(H,30,36)(H,31,33)/t14?,17?,18-,20?,21?,22?,23+,24?,25?/m0/s1. The summed E-state index contributed by atoms with van der Waals surface area (Å²) in [6.07, 6.45) is 0.922. The lowest BCUT2D eigenvalue weighted by atomic mass is 9.72. The maximum atomic E-state index is 13.5. The molecule has 13 nitrogen and oxygen atoms in total. The number of imide groups is 1. The Labute approximate surface area is 240 Å². The smallest absolute Gasteiger partial charge is 0.303 e. The van der Waals surface area contributed by atoms with Gasteiger partial charge in [-0.2, -0.15) is 0 Å². The number of ether oxygens (including phenoxy) is 3. The Bertz CT molecular complexity index is 1060. The number of fused-ring (bicyclic) bond motifs is 1. The van der Waals surface area contributed by atoms with Crippen LogP contribution in [0, 0.1) is 23.7 Å². The molecule has 41 heavy (non-hydrogen) atoms. The summed E-state index contributed by atoms with van der Waals surface area (Å²) in [4.78, 5) is 76.7. The minimum absolute atomic E-state index is 0.0642. The van der Waals surface area contributed by atoms with Gasteiger partial charge in [0.05, 0.1) is 24.0 Å². The Balaban J connectivity index is 1.74. The molecular weight excluding hydrogens is 536 g/mol. The van der Waals surface area contributed by atoms with Crippen LogP contribution in [-0.2, 0) is 43.0 Å². The third-order valence-corrected chi connectivity index (χ3v) is 8.06. The quantitative estimate of drug-likeness (QED) is 0.169. The van der Waals surface area contributed by atoms with Gasteiger partial charge in [-0.15, -0.1) is 0 Å². The third kappa shape index (κ3) is 7.13. The minimum Gasteiger partial charge on any atom is -0.457 e. The predicted octanol–water partition coefficient (Wildman–Crippen LogP) is -0.319. The molecule has 2 aliphatic heterocycles. The molecular formula is C28H42N4O9. The molecule has 3 N–H and O–H groups in total. The highest BCUT2D eigenvalue weighted by molar-refractivity contribution is 6.06. The topological polar surface area (TPSA) is 169 Å². The molecule has 3 rings (SSSR count). The zero-order valence-corrected chi connectivity index (χ0v) is 24.5. The van der Waals surface area contributed by atoms with Crippen molar-refractivity contribution in [1.29, 1.82) is 0 Å². The fourth-order valence-electron chi connectivity index (χ4n) is 6.09. The molecule has 2 heterocycles. The van der Waals surface area contributed by atoms with Gasteiger partial charge in [0.15, 0.2) is 12.2 Å². The number of hydrogen-bond donors (Lipinski definition) is 3. The highest BCUT2D eigenvalue weighted by Gasteiger charge is 2.54. The average molecular weight is 579 g/mol. The van der Waals surface area contributed by atoms with E-state index in [4.69, 9.17) is 14.2 Å². The highest BCUT2D eigenvalue weighted by atomic mass is 16.6. The predicted molar refractivity (Wildman–Crippen MR) is 145 cm³/mol. The lowest BCUT2D eigenvalue weighted by Gasteiger charge is -2.45. The monoisotopic (exact) mass is 578 g/mol. The van der Waals surface area contributed by atoms with Gasteiger partial charge in [-0.25, -0.2) is 0 Å². The Hall–Kier alpha value is -3.32. The van der Waals surface area contributed by atoms with E-state index >= 15 is 0 Å². The second kappa shape index (κ2) is 14.0. The number of likely N-dealkylation sites (tertiary alicyclic amines) is 1. The summed E-state index contributed by atoms with van der Waals surface area (Å²) in [6, 6.07) is -0.726. The van der Waals surface area contributed by atoms with Gasteiger partial charge >= 0.3 is 5.97 Å². The van der Waals surface area contributed by atoms with Crippen molar-refractivity contribution in [2.45, 2.75) is 77.4 Å². The van der Waals surface area contributed by atoms with Crippen LogP contribution in [0.4, 0.5) is 0 Å². The molecule has 2 fully saturated rings. The number of allylic oxidation sites excluding steroid dienone is 1. The summed E-state index contributed by atoms with van der Waals surface area (Å²) < 4.78 is 17.2. The molecule has 0 aromatic rings. The second-order valence-electron chi connectivity index (χ2n) is 10.8. The fraction of sp³-hybridized carbons (Fsp3) is 0.714. The molecule has 7 unspecified atom stereocenters. The second-order valence-corrected chi connectivity index (χ2v) is 10.8. The summed E-state index contributed by atoms with van der Waals surface area (Å²) in [5, 5.41) is 8.13. The van der Waals surface area contributed by atoms with Crippen LogP contribution in [0.25, 0.3) is 0 Å². The molecule has 0 bridgehead atoms. The van der Waals surface area contributed by atoms with Crippen molar-refractivity contribution < 1.29 is 43.0 Å². The summed E-state index contributed by atoms with van der Waals surface area (Å²) in [7, 11) is 2.89. The number of esters is 1. The molecule has 0 spiro atoms. The SMILES string of the molecule is CC[C@@H]1OC(C(=O)NCC2C=CC(C)C3C(=O)N(CCCC(=O)NC)C(=O)C23)C(OC)[C@H](OC(C)=O)C1NC(C)=O. The minimum atomic E-state index is -1.16. The van der Waals surface area contributed by atoms with Gasteiger partial charge in [-0.3, -0.25) is 33.7 Å². The number of methoxy groups -OCH3 is 1. The number of nitrogens with zero attached hydrogens (tertiary/aromatic N) is 1. The number of rotatable bonds is 11. The van der Waals surface area contributed by atoms with Crippen LogP contribution in [0.15, 0.2) is 12.2 Å². The normalized spacial score (nSPS) is 32.7. The van der Waals surface area contributed by atoms with Crippen LogP contribution < -0.4 is 16.0 Å². The molecule has 5 amide bonds. The van der Waals surface area contributed by atoms with Crippen molar-refractivity contribution >= 4 is 35.5 Å². The average Bonchev–Trinajstić information content (AvgIpc) is 3.18. The molecule has 9 atom stereocenters. The van der Waals surface area contributed by atoms with E-state index in [0.29, 0.717) is 12.8 Å². The van der Waals surface area contributed by atoms with E-state index in [0.717, 1.165) is 0 Å². The molecule has 2 saturated heterocycles. The molecule has 0 aromatic carbocycles. The van der Waals surface area contributed by atoms with E-state index in [2.05, 4.69) is 16.0 Å². The van der Waals surface area contributed by atoms with Gasteiger partial charge in [0.1, 0.15) is 6.10 Å². The van der Waals surface area contributed by atoms with E-state index in [1.165, 1.54) is 32.9 Å². The largest absolute Gasteiger partial charge is 0.457 e. The van der Waals surface area contributed by atoms with Gasteiger partial charge in [0.25, 0.3) is 5.91 Å². The van der Waals surface area contributed by atoms with E-state index in [9.17, 15) is 28.8 Å². The zero-order valence-electron chi connectivity index (χ0n) is 24.5. The fourth-order valence-corrected chi connectivity index (χ4v) is 6.09. The van der Waals surface area contributed by atoms with Crippen LogP contribution in [0.3, 0.4) is 0 Å². The van der Waals surface area contributed by atoms with E-state index in [1.807, 2.05) is 26.0 Å². The van der Waals surface area contributed by atoms with Crippen molar-refractivity contribution in [1.82, 2.24) is 20.9 Å². The number of carbonyl (C=O) groups excluding carboxylic acids is 6. The van der Waals surface area contributed by atoms with Crippen molar-refractivity contribution in [3.63, 3.8) is 0 Å². The highest BCUT2D eigenvalue weighted by Crippen LogP contribution is 2.41. The van der Waals surface area contributed by atoms with Crippen LogP contribution in [0.1, 0.15) is 47.0 Å². The van der Waals surface area contributed by atoms with Crippen LogP contribution in [0.2, 0.25) is 0 Å². The van der Waals surface area contributed by atoms with Crippen LogP contribution >= 0.6 is 0 Å². The molecule has 1 aliphatic carbocycles. The number of nitrogens with one attached hydrogen (secondary N) is 3. The van der Waals surface area contributed by atoms with Crippen molar-refractivity contribution in [3.05, 3.63) is 12.2 Å². The summed E-state index contributed by atoms with van der Waals surface area (Å²) in [5.74, 6) is -4.01. The van der Waals surface area contributed by atoms with Gasteiger partial charge < -0.3 is 30.2 Å². The number of hydrogen-bond acceptors (Lipinski definition) is 9. The lowest BCUT2D eigenvalue weighted by molar-refractivity contribution is -0.210. The first-order valence-electron chi connectivity index (χ1n) is 14.1. The van der Waals surface area contributed by atoms with Gasteiger partial charge in [0.2, 0.25) is 23.6 Å². The van der Waals surface area contributed by atoms with Crippen LogP contribution in [0.5, 0.6) is 0 Å². The maximum absolute atomic E-state index is 13.5. The third-order valence-electron chi connectivity index (χ3n) is 8.06. The van der Waals surface area contributed by atoms with Crippen molar-refractivity contribution in [2.24, 2.45) is 23.7 Å². The molecule has 13 heteroatoms. The molecule has 0 aromatic heterocycles. The first kappa shape index (κ1) is 32.2. The van der Waals surface area contributed by atoms with E-state index < -0.39 is 60.1 Å². The molecule has 3 aliphatic rings.